The standard InChI is InChI=1S/C16H17FN4O3/c17-13-3-1-12(2-4-13)16-19-18-14(24-16)5-6-15(23)21-9-7-20(11-22)8-10-21/h1-4,11H,5-10H2. The number of carbonyl (C=O) groups excluding carboxylic acids is 2. The van der Waals surface area contributed by atoms with E-state index < -0.39 is 0 Å². The third-order valence-corrected chi connectivity index (χ3v) is 3.93. The lowest BCUT2D eigenvalue weighted by Crippen LogP contribution is -2.48. The Morgan fingerprint density at radius 1 is 1.17 bits per heavy atom. The predicted octanol–water partition coefficient (Wildman–Crippen LogP) is 1.11. The zero-order valence-electron chi connectivity index (χ0n) is 13.0. The average Bonchev–Trinajstić information content (AvgIpc) is 3.09. The zero-order valence-corrected chi connectivity index (χ0v) is 13.0. The number of hydrogen-bond acceptors (Lipinski definition) is 5. The van der Waals surface area contributed by atoms with Gasteiger partial charge in [-0.05, 0) is 24.3 Å². The van der Waals surface area contributed by atoms with Crippen molar-refractivity contribution in [1.29, 1.82) is 0 Å². The van der Waals surface area contributed by atoms with Crippen LogP contribution in [0, 0.1) is 5.82 Å². The molecule has 0 spiro atoms. The summed E-state index contributed by atoms with van der Waals surface area (Å²) in [6, 6.07) is 5.76. The van der Waals surface area contributed by atoms with E-state index in [2.05, 4.69) is 10.2 Å². The summed E-state index contributed by atoms with van der Waals surface area (Å²) < 4.78 is 18.4. The molecule has 0 bridgehead atoms. The lowest BCUT2D eigenvalue weighted by Gasteiger charge is -2.32. The molecule has 0 saturated carbocycles. The van der Waals surface area contributed by atoms with Gasteiger partial charge in [0, 0.05) is 44.6 Å². The minimum absolute atomic E-state index is 0.00193. The van der Waals surface area contributed by atoms with E-state index in [0.717, 1.165) is 6.41 Å². The smallest absolute Gasteiger partial charge is 0.247 e. The summed E-state index contributed by atoms with van der Waals surface area (Å²) in [5.74, 6) is 0.340. The number of amides is 2. The second-order valence-electron chi connectivity index (χ2n) is 5.53. The van der Waals surface area contributed by atoms with Gasteiger partial charge in [0.15, 0.2) is 0 Å². The third-order valence-electron chi connectivity index (χ3n) is 3.93. The van der Waals surface area contributed by atoms with E-state index in [-0.39, 0.29) is 18.1 Å². The molecule has 0 radical (unpaired) electrons. The van der Waals surface area contributed by atoms with Crippen molar-refractivity contribution < 1.29 is 18.4 Å². The number of halogens is 1. The lowest BCUT2D eigenvalue weighted by molar-refractivity contribution is -0.135. The second-order valence-corrected chi connectivity index (χ2v) is 5.53. The van der Waals surface area contributed by atoms with Crippen molar-refractivity contribution in [3.63, 3.8) is 0 Å². The van der Waals surface area contributed by atoms with E-state index in [9.17, 15) is 14.0 Å². The zero-order chi connectivity index (χ0) is 16.9. The van der Waals surface area contributed by atoms with Crippen LogP contribution in [0.25, 0.3) is 11.5 Å². The molecule has 24 heavy (non-hydrogen) atoms. The van der Waals surface area contributed by atoms with Crippen LogP contribution in [-0.2, 0) is 16.0 Å². The van der Waals surface area contributed by atoms with Gasteiger partial charge in [-0.3, -0.25) is 9.59 Å². The Morgan fingerprint density at radius 3 is 2.54 bits per heavy atom. The minimum Gasteiger partial charge on any atom is -0.421 e. The maximum atomic E-state index is 12.9. The van der Waals surface area contributed by atoms with Gasteiger partial charge in [-0.15, -0.1) is 10.2 Å². The van der Waals surface area contributed by atoms with Crippen LogP contribution < -0.4 is 0 Å². The number of aromatic nitrogens is 2. The van der Waals surface area contributed by atoms with Crippen molar-refractivity contribution in [2.24, 2.45) is 0 Å². The summed E-state index contributed by atoms with van der Waals surface area (Å²) >= 11 is 0. The first kappa shape index (κ1) is 16.1. The van der Waals surface area contributed by atoms with Crippen molar-refractivity contribution in [3.8, 4) is 11.5 Å². The van der Waals surface area contributed by atoms with E-state index in [1.54, 1.807) is 21.9 Å². The van der Waals surface area contributed by atoms with Gasteiger partial charge < -0.3 is 14.2 Å². The summed E-state index contributed by atoms with van der Waals surface area (Å²) in [5, 5.41) is 7.84. The van der Waals surface area contributed by atoms with Gasteiger partial charge >= 0.3 is 0 Å². The molecular weight excluding hydrogens is 315 g/mol. The normalized spacial score (nSPS) is 14.7. The molecule has 2 amide bonds. The van der Waals surface area contributed by atoms with E-state index in [1.165, 1.54) is 12.1 Å². The monoisotopic (exact) mass is 332 g/mol. The van der Waals surface area contributed by atoms with Crippen LogP contribution in [-0.4, -0.2) is 58.5 Å². The Balaban J connectivity index is 1.53. The Kier molecular flexibility index (Phi) is 4.83. The van der Waals surface area contributed by atoms with Gasteiger partial charge in [0.2, 0.25) is 24.1 Å². The van der Waals surface area contributed by atoms with Crippen molar-refractivity contribution >= 4 is 12.3 Å². The minimum atomic E-state index is -0.334. The lowest BCUT2D eigenvalue weighted by atomic mass is 10.2. The fourth-order valence-corrected chi connectivity index (χ4v) is 2.51. The van der Waals surface area contributed by atoms with Crippen LogP contribution in [0.15, 0.2) is 28.7 Å². The van der Waals surface area contributed by atoms with Gasteiger partial charge in [0.1, 0.15) is 5.82 Å². The van der Waals surface area contributed by atoms with E-state index in [0.29, 0.717) is 49.9 Å². The highest BCUT2D eigenvalue weighted by Gasteiger charge is 2.20. The van der Waals surface area contributed by atoms with Crippen molar-refractivity contribution in [3.05, 3.63) is 36.0 Å². The highest BCUT2D eigenvalue weighted by molar-refractivity contribution is 5.76. The van der Waals surface area contributed by atoms with Crippen LogP contribution in [0.4, 0.5) is 4.39 Å². The van der Waals surface area contributed by atoms with Crippen LogP contribution in [0.5, 0.6) is 0 Å². The van der Waals surface area contributed by atoms with Crippen molar-refractivity contribution in [1.82, 2.24) is 20.0 Å². The number of nitrogens with zero attached hydrogens (tertiary/aromatic N) is 4. The molecule has 1 aromatic heterocycles. The van der Waals surface area contributed by atoms with Gasteiger partial charge in [-0.1, -0.05) is 0 Å². The first-order chi connectivity index (χ1) is 11.7. The van der Waals surface area contributed by atoms with Crippen molar-refractivity contribution in [2.75, 3.05) is 26.2 Å². The number of rotatable bonds is 5. The second kappa shape index (κ2) is 7.20. The van der Waals surface area contributed by atoms with Crippen LogP contribution in [0.3, 0.4) is 0 Å². The Bertz CT molecular complexity index is 708. The first-order valence-electron chi connectivity index (χ1n) is 7.71. The molecule has 0 atom stereocenters. The van der Waals surface area contributed by atoms with Gasteiger partial charge in [-0.25, -0.2) is 4.39 Å². The molecule has 1 aliphatic rings. The molecule has 126 valence electrons. The first-order valence-corrected chi connectivity index (χ1v) is 7.71. The van der Waals surface area contributed by atoms with E-state index >= 15 is 0 Å². The summed E-state index contributed by atoms with van der Waals surface area (Å²) in [6.45, 7) is 2.21. The molecule has 8 heteroatoms. The molecule has 1 saturated heterocycles. The maximum Gasteiger partial charge on any atom is 0.247 e. The highest BCUT2D eigenvalue weighted by Crippen LogP contribution is 2.18. The topological polar surface area (TPSA) is 79.5 Å². The summed E-state index contributed by atoms with van der Waals surface area (Å²) in [5.41, 5.74) is 0.631. The Hall–Kier alpha value is -2.77. The van der Waals surface area contributed by atoms with Gasteiger partial charge in [0.05, 0.1) is 0 Å². The number of aryl methyl sites for hydroxylation is 1. The molecule has 1 aliphatic heterocycles. The number of carbonyl (C=O) groups is 2. The molecule has 0 N–H and O–H groups in total. The molecule has 0 unspecified atom stereocenters. The van der Waals surface area contributed by atoms with Crippen molar-refractivity contribution in [2.45, 2.75) is 12.8 Å². The predicted molar refractivity (Wildman–Crippen MR) is 82.2 cm³/mol. The van der Waals surface area contributed by atoms with E-state index in [4.69, 9.17) is 4.42 Å². The molecule has 2 heterocycles. The summed E-state index contributed by atoms with van der Waals surface area (Å²) in [4.78, 5) is 26.2. The molecule has 3 rings (SSSR count). The number of piperazine rings is 1. The van der Waals surface area contributed by atoms with Crippen LogP contribution in [0.1, 0.15) is 12.3 Å². The fraction of sp³-hybridized carbons (Fsp3) is 0.375. The molecule has 2 aromatic rings. The summed E-state index contributed by atoms with van der Waals surface area (Å²) in [6.07, 6.45) is 1.42. The van der Waals surface area contributed by atoms with E-state index in [1.807, 2.05) is 0 Å². The van der Waals surface area contributed by atoms with Gasteiger partial charge in [-0.2, -0.15) is 0 Å². The molecular formula is C16H17FN4O3. The Labute approximate surface area is 138 Å². The highest BCUT2D eigenvalue weighted by atomic mass is 19.1. The maximum absolute atomic E-state index is 12.9. The molecule has 1 fully saturated rings. The molecule has 0 aliphatic carbocycles. The molecule has 1 aromatic carbocycles. The van der Waals surface area contributed by atoms with Crippen LogP contribution >= 0.6 is 0 Å². The van der Waals surface area contributed by atoms with Gasteiger partial charge in [0.25, 0.3) is 0 Å². The summed E-state index contributed by atoms with van der Waals surface area (Å²) in [7, 11) is 0. The van der Waals surface area contributed by atoms with Crippen LogP contribution in [0.2, 0.25) is 0 Å². The quantitative estimate of drug-likeness (QED) is 0.766. The SMILES string of the molecule is O=CN1CCN(C(=O)CCc2nnc(-c3ccc(F)cc3)o2)CC1. The Morgan fingerprint density at radius 2 is 1.88 bits per heavy atom. The third kappa shape index (κ3) is 3.76. The largest absolute Gasteiger partial charge is 0.421 e. The molecule has 7 nitrogen and oxygen atoms in total. The average molecular weight is 332 g/mol. The number of hydrogen-bond donors (Lipinski definition) is 0. The number of benzene rings is 1. The fourth-order valence-electron chi connectivity index (χ4n) is 2.51.